The summed E-state index contributed by atoms with van der Waals surface area (Å²) >= 11 is 1.19. The highest BCUT2D eigenvalue weighted by atomic mass is 32.2. The van der Waals surface area contributed by atoms with E-state index in [0.717, 1.165) is 0 Å². The molecule has 2 aromatic rings. The molecule has 0 unspecified atom stereocenters. The van der Waals surface area contributed by atoms with Gasteiger partial charge in [-0.1, -0.05) is 17.8 Å². The lowest BCUT2D eigenvalue weighted by Gasteiger charge is -2.07. The van der Waals surface area contributed by atoms with Gasteiger partial charge in [0, 0.05) is 12.3 Å². The zero-order chi connectivity index (χ0) is 13.8. The molecule has 1 aromatic carbocycles. The lowest BCUT2D eigenvalue weighted by atomic mass is 10.1. The molecule has 1 heterocycles. The summed E-state index contributed by atoms with van der Waals surface area (Å²) in [5.41, 5.74) is 0.473. The van der Waals surface area contributed by atoms with E-state index in [0.29, 0.717) is 15.5 Å². The van der Waals surface area contributed by atoms with E-state index in [-0.39, 0.29) is 5.69 Å². The van der Waals surface area contributed by atoms with Crippen molar-refractivity contribution in [3.05, 3.63) is 52.5 Å². The molecule has 1 aromatic heterocycles. The molecule has 0 amide bonds. The Morgan fingerprint density at radius 1 is 1.42 bits per heavy atom. The van der Waals surface area contributed by atoms with Gasteiger partial charge in [-0.2, -0.15) is 0 Å². The predicted octanol–water partition coefficient (Wildman–Crippen LogP) is 2.59. The maximum atomic E-state index is 11.1. The van der Waals surface area contributed by atoms with Crippen LogP contribution in [0.25, 0.3) is 0 Å². The van der Waals surface area contributed by atoms with E-state index < -0.39 is 11.0 Å². The molecule has 6 nitrogen and oxygen atoms in total. The lowest BCUT2D eigenvalue weighted by molar-refractivity contribution is -0.387. The summed E-state index contributed by atoms with van der Waals surface area (Å²) < 4.78 is 0. The number of aromatic nitrogens is 2. The van der Waals surface area contributed by atoms with Crippen LogP contribution in [0.1, 0.15) is 18.6 Å². The van der Waals surface area contributed by atoms with Gasteiger partial charge in [-0.3, -0.25) is 10.1 Å². The first-order chi connectivity index (χ1) is 9.08. The number of nitrogens with zero attached hydrogens (tertiary/aromatic N) is 3. The Balaban J connectivity index is 2.37. The Morgan fingerprint density at radius 3 is 2.79 bits per heavy atom. The Kier molecular flexibility index (Phi) is 4.08. The van der Waals surface area contributed by atoms with Gasteiger partial charge in [-0.25, -0.2) is 9.97 Å². The normalized spacial score (nSPS) is 12.1. The molecule has 19 heavy (non-hydrogen) atoms. The molecule has 7 heteroatoms. The summed E-state index contributed by atoms with van der Waals surface area (Å²) in [5.74, 6) is 0. The minimum absolute atomic E-state index is 0.0398. The Morgan fingerprint density at radius 2 is 2.21 bits per heavy atom. The van der Waals surface area contributed by atoms with E-state index in [1.54, 1.807) is 31.3 Å². The van der Waals surface area contributed by atoms with Gasteiger partial charge in [-0.05, 0) is 24.6 Å². The van der Waals surface area contributed by atoms with Crippen molar-refractivity contribution in [3.63, 3.8) is 0 Å². The van der Waals surface area contributed by atoms with Crippen molar-refractivity contribution in [2.24, 2.45) is 0 Å². The van der Waals surface area contributed by atoms with Crippen LogP contribution in [0.4, 0.5) is 5.69 Å². The topological polar surface area (TPSA) is 89.2 Å². The highest BCUT2D eigenvalue weighted by Crippen LogP contribution is 2.35. The second-order valence-electron chi connectivity index (χ2n) is 3.81. The van der Waals surface area contributed by atoms with Gasteiger partial charge in [0.15, 0.2) is 0 Å². The van der Waals surface area contributed by atoms with Crippen LogP contribution in [0.5, 0.6) is 0 Å². The zero-order valence-corrected chi connectivity index (χ0v) is 10.9. The molecule has 0 saturated heterocycles. The van der Waals surface area contributed by atoms with Crippen LogP contribution in [0.2, 0.25) is 0 Å². The minimum Gasteiger partial charge on any atom is -0.389 e. The first-order valence-electron chi connectivity index (χ1n) is 5.48. The van der Waals surface area contributed by atoms with Crippen molar-refractivity contribution >= 4 is 17.4 Å². The first kappa shape index (κ1) is 13.4. The van der Waals surface area contributed by atoms with E-state index in [2.05, 4.69) is 9.97 Å². The standard InChI is InChI=1S/C12H11N3O3S/c1-8(16)9-2-3-11(10(6-9)15(17)18)19-12-4-5-13-7-14-12/h2-8,16H,1H3/t8-/m1/s1. The third-order valence-corrected chi connectivity index (χ3v) is 3.45. The van der Waals surface area contributed by atoms with Crippen LogP contribution in [0.3, 0.4) is 0 Å². The fraction of sp³-hybridized carbons (Fsp3) is 0.167. The van der Waals surface area contributed by atoms with E-state index in [9.17, 15) is 15.2 Å². The summed E-state index contributed by atoms with van der Waals surface area (Å²) in [5, 5.41) is 21.2. The summed E-state index contributed by atoms with van der Waals surface area (Å²) in [4.78, 5) is 18.9. The zero-order valence-electron chi connectivity index (χ0n) is 10.1. The van der Waals surface area contributed by atoms with E-state index in [1.165, 1.54) is 24.2 Å². The lowest BCUT2D eigenvalue weighted by Crippen LogP contribution is -1.96. The fourth-order valence-electron chi connectivity index (χ4n) is 1.47. The number of rotatable bonds is 4. The average molecular weight is 277 g/mol. The van der Waals surface area contributed by atoms with Crippen LogP contribution in [-0.2, 0) is 0 Å². The van der Waals surface area contributed by atoms with Crippen molar-refractivity contribution in [1.29, 1.82) is 0 Å². The van der Waals surface area contributed by atoms with Crippen LogP contribution in [0, 0.1) is 10.1 Å². The van der Waals surface area contributed by atoms with Gasteiger partial charge >= 0.3 is 0 Å². The number of aliphatic hydroxyl groups is 1. The number of nitro groups is 1. The van der Waals surface area contributed by atoms with Gasteiger partial charge in [-0.15, -0.1) is 0 Å². The van der Waals surface area contributed by atoms with Gasteiger partial charge in [0.25, 0.3) is 5.69 Å². The third kappa shape index (κ3) is 3.27. The molecule has 0 aliphatic carbocycles. The molecule has 1 N–H and O–H groups in total. The number of nitro benzene ring substituents is 1. The maximum absolute atomic E-state index is 11.1. The van der Waals surface area contributed by atoms with Crippen molar-refractivity contribution in [2.45, 2.75) is 22.9 Å². The molecule has 0 aliphatic rings. The molecule has 0 fully saturated rings. The molecule has 0 saturated carbocycles. The van der Waals surface area contributed by atoms with Crippen molar-refractivity contribution < 1.29 is 10.0 Å². The minimum atomic E-state index is -0.739. The SMILES string of the molecule is C[C@@H](O)c1ccc(Sc2ccncn2)c([N+](=O)[O-])c1. The summed E-state index contributed by atoms with van der Waals surface area (Å²) in [6.45, 7) is 1.57. The molecule has 98 valence electrons. The van der Waals surface area contributed by atoms with Crippen LogP contribution in [-0.4, -0.2) is 20.0 Å². The van der Waals surface area contributed by atoms with Crippen LogP contribution < -0.4 is 0 Å². The number of benzene rings is 1. The second kappa shape index (κ2) is 5.77. The van der Waals surface area contributed by atoms with Crippen LogP contribution >= 0.6 is 11.8 Å². The van der Waals surface area contributed by atoms with E-state index >= 15 is 0 Å². The van der Waals surface area contributed by atoms with Gasteiger partial charge < -0.3 is 5.11 Å². The Hall–Kier alpha value is -1.99. The molecule has 2 rings (SSSR count). The third-order valence-electron chi connectivity index (χ3n) is 2.43. The maximum Gasteiger partial charge on any atom is 0.283 e. The van der Waals surface area contributed by atoms with Crippen molar-refractivity contribution in [1.82, 2.24) is 9.97 Å². The summed E-state index contributed by atoms with van der Waals surface area (Å²) in [7, 11) is 0. The average Bonchev–Trinajstić information content (AvgIpc) is 2.39. The summed E-state index contributed by atoms with van der Waals surface area (Å²) in [6, 6.07) is 6.35. The molecule has 0 radical (unpaired) electrons. The van der Waals surface area contributed by atoms with Gasteiger partial charge in [0.05, 0.1) is 15.9 Å². The highest BCUT2D eigenvalue weighted by molar-refractivity contribution is 7.99. The molecular weight excluding hydrogens is 266 g/mol. The van der Waals surface area contributed by atoms with E-state index in [4.69, 9.17) is 0 Å². The van der Waals surface area contributed by atoms with Crippen molar-refractivity contribution in [2.75, 3.05) is 0 Å². The Bertz CT molecular complexity index is 590. The first-order valence-corrected chi connectivity index (χ1v) is 6.30. The van der Waals surface area contributed by atoms with E-state index in [1.807, 2.05) is 0 Å². The van der Waals surface area contributed by atoms with Crippen LogP contribution in [0.15, 0.2) is 46.7 Å². The largest absolute Gasteiger partial charge is 0.389 e. The second-order valence-corrected chi connectivity index (χ2v) is 4.87. The predicted molar refractivity (Wildman–Crippen MR) is 69.9 cm³/mol. The molecule has 0 aliphatic heterocycles. The quantitative estimate of drug-likeness (QED) is 0.525. The fourth-order valence-corrected chi connectivity index (χ4v) is 2.30. The molecule has 1 atom stereocenters. The Labute approximate surface area is 113 Å². The molecular formula is C12H11N3O3S. The monoisotopic (exact) mass is 277 g/mol. The van der Waals surface area contributed by atoms with Crippen molar-refractivity contribution in [3.8, 4) is 0 Å². The summed E-state index contributed by atoms with van der Waals surface area (Å²) in [6.07, 6.45) is 2.22. The molecule has 0 spiro atoms. The smallest absolute Gasteiger partial charge is 0.283 e. The van der Waals surface area contributed by atoms with Gasteiger partial charge in [0.1, 0.15) is 11.4 Å². The molecule has 0 bridgehead atoms. The van der Waals surface area contributed by atoms with Gasteiger partial charge in [0.2, 0.25) is 0 Å². The number of hydrogen-bond donors (Lipinski definition) is 1. The number of hydrogen-bond acceptors (Lipinski definition) is 6. The highest BCUT2D eigenvalue weighted by Gasteiger charge is 2.17. The number of aliphatic hydroxyl groups excluding tert-OH is 1.